The fourth-order valence-corrected chi connectivity index (χ4v) is 1.47. The molecule has 3 N–H and O–H groups in total. The predicted octanol–water partition coefficient (Wildman–Crippen LogP) is 2.59. The lowest BCUT2D eigenvalue weighted by molar-refractivity contribution is 0.599. The van der Waals surface area contributed by atoms with Crippen LogP contribution in [0.15, 0.2) is 41.3 Å². The number of nitrogens with two attached hydrogens (primary N) is 1. The van der Waals surface area contributed by atoms with Crippen LogP contribution in [0, 0.1) is 5.92 Å². The molecule has 3 nitrogen and oxygen atoms in total. The lowest BCUT2D eigenvalue weighted by atomic mass is 10.0. The molecule has 0 bridgehead atoms. The molecule has 0 saturated heterocycles. The highest BCUT2D eigenvalue weighted by Crippen LogP contribution is 2.20. The smallest absolute Gasteiger partial charge is 0.287 e. The second-order valence-corrected chi connectivity index (χ2v) is 3.97. The summed E-state index contributed by atoms with van der Waals surface area (Å²) in [5.41, 5.74) is 7.18. The summed E-state index contributed by atoms with van der Waals surface area (Å²) in [4.78, 5) is 3.74. The van der Waals surface area contributed by atoms with E-state index in [0.717, 1.165) is 12.8 Å². The number of hydrogen-bond donors (Lipinski definition) is 2. The summed E-state index contributed by atoms with van der Waals surface area (Å²) in [6.07, 6.45) is 3.84. The summed E-state index contributed by atoms with van der Waals surface area (Å²) in [5, 5.41) is 2.36. The van der Waals surface area contributed by atoms with Gasteiger partial charge in [-0.3, -0.25) is 0 Å². The Morgan fingerprint density at radius 3 is 2.94 bits per heavy atom. The topological polar surface area (TPSA) is 50.4 Å². The minimum absolute atomic E-state index is 0.388. The Labute approximate surface area is 95.6 Å². The van der Waals surface area contributed by atoms with Crippen molar-refractivity contribution in [2.24, 2.45) is 16.6 Å². The molecule has 0 spiro atoms. The number of rotatable bonds is 5. The van der Waals surface area contributed by atoms with E-state index in [-0.39, 0.29) is 0 Å². The largest absolute Gasteiger partial charge is 0.396 e. The van der Waals surface area contributed by atoms with Crippen molar-refractivity contribution < 1.29 is 4.39 Å². The van der Waals surface area contributed by atoms with E-state index in [1.165, 1.54) is 0 Å². The molecule has 0 aliphatic carbocycles. The first-order valence-corrected chi connectivity index (χ1v) is 5.36. The Kier molecular flexibility index (Phi) is 4.28. The van der Waals surface area contributed by atoms with Gasteiger partial charge in [0.2, 0.25) is 0 Å². The lowest BCUT2D eigenvalue weighted by Gasteiger charge is -2.16. The molecule has 4 heteroatoms. The Bertz CT molecular complexity index is 355. The van der Waals surface area contributed by atoms with Crippen molar-refractivity contribution in [1.82, 2.24) is 5.32 Å². The van der Waals surface area contributed by atoms with E-state index in [1.54, 1.807) is 0 Å². The number of nitrogens with zero attached hydrogens (tertiary/aromatic N) is 1. The molecule has 1 aliphatic heterocycles. The number of hydrogen-bond acceptors (Lipinski definition) is 3. The first kappa shape index (κ1) is 12.5. The molecule has 0 saturated carbocycles. The van der Waals surface area contributed by atoms with Crippen molar-refractivity contribution in [2.45, 2.75) is 26.2 Å². The van der Waals surface area contributed by atoms with Gasteiger partial charge in [0.1, 0.15) is 0 Å². The van der Waals surface area contributed by atoms with Crippen molar-refractivity contribution in [2.75, 3.05) is 0 Å². The molecule has 0 amide bonds. The van der Waals surface area contributed by atoms with Crippen molar-refractivity contribution in [3.8, 4) is 0 Å². The molecule has 0 aromatic rings. The fourth-order valence-electron chi connectivity index (χ4n) is 1.47. The van der Waals surface area contributed by atoms with Crippen LogP contribution in [0.4, 0.5) is 4.39 Å². The zero-order valence-corrected chi connectivity index (χ0v) is 9.59. The molecule has 0 fully saturated rings. The van der Waals surface area contributed by atoms with Crippen molar-refractivity contribution in [3.05, 3.63) is 36.3 Å². The standard InChI is InChI=1S/C12H18FN3/c1-4-8(2)6-5-7-10-11(14)9(3)15-12(13)16-10/h4,8H,1,3,5-7,14H2,2H3,(H,15,16). The summed E-state index contributed by atoms with van der Waals surface area (Å²) in [7, 11) is 0. The Balaban J connectivity index is 2.56. The van der Waals surface area contributed by atoms with Crippen LogP contribution in [0.2, 0.25) is 0 Å². The maximum absolute atomic E-state index is 13.0. The zero-order chi connectivity index (χ0) is 12.1. The van der Waals surface area contributed by atoms with Gasteiger partial charge < -0.3 is 11.1 Å². The third-order valence-electron chi connectivity index (χ3n) is 2.60. The van der Waals surface area contributed by atoms with Crippen LogP contribution in [0.3, 0.4) is 0 Å². The number of amidine groups is 1. The number of nitrogens with one attached hydrogen (secondary N) is 1. The normalized spacial score (nSPS) is 17.9. The first-order valence-electron chi connectivity index (χ1n) is 5.36. The van der Waals surface area contributed by atoms with Gasteiger partial charge in [0.05, 0.1) is 17.1 Å². The van der Waals surface area contributed by atoms with Gasteiger partial charge in [-0.2, -0.15) is 4.39 Å². The molecule has 0 radical (unpaired) electrons. The van der Waals surface area contributed by atoms with Gasteiger partial charge in [-0.25, -0.2) is 4.99 Å². The summed E-state index contributed by atoms with van der Waals surface area (Å²) >= 11 is 0. The Morgan fingerprint density at radius 1 is 1.62 bits per heavy atom. The molecule has 0 aromatic carbocycles. The fraction of sp³-hybridized carbons (Fsp3) is 0.417. The van der Waals surface area contributed by atoms with Gasteiger partial charge in [-0.1, -0.05) is 19.6 Å². The van der Waals surface area contributed by atoms with Crippen LogP contribution in [0.5, 0.6) is 0 Å². The van der Waals surface area contributed by atoms with Crippen molar-refractivity contribution in [1.29, 1.82) is 0 Å². The third-order valence-corrected chi connectivity index (χ3v) is 2.60. The minimum Gasteiger partial charge on any atom is -0.396 e. The van der Waals surface area contributed by atoms with E-state index in [1.807, 2.05) is 6.08 Å². The number of allylic oxidation sites excluding steroid dienone is 2. The molecular weight excluding hydrogens is 205 g/mol. The molecule has 1 rings (SSSR count). The van der Waals surface area contributed by atoms with E-state index in [4.69, 9.17) is 5.73 Å². The van der Waals surface area contributed by atoms with Crippen LogP contribution >= 0.6 is 0 Å². The quantitative estimate of drug-likeness (QED) is 0.556. The molecule has 88 valence electrons. The van der Waals surface area contributed by atoms with E-state index in [0.29, 0.717) is 29.4 Å². The van der Waals surface area contributed by atoms with Gasteiger partial charge in [-0.15, -0.1) is 6.58 Å². The summed E-state index contributed by atoms with van der Waals surface area (Å²) < 4.78 is 13.0. The number of aliphatic imine (C=N–C) groups is 1. The molecule has 1 heterocycles. The van der Waals surface area contributed by atoms with Crippen molar-refractivity contribution >= 4 is 6.09 Å². The van der Waals surface area contributed by atoms with E-state index in [2.05, 4.69) is 30.4 Å². The zero-order valence-electron chi connectivity index (χ0n) is 9.59. The average Bonchev–Trinajstić information content (AvgIpc) is 2.24. The SMILES string of the molecule is C=CC(C)CCCC1=C(N)C(=C)NC(F)=N1. The van der Waals surface area contributed by atoms with E-state index in [9.17, 15) is 4.39 Å². The van der Waals surface area contributed by atoms with Gasteiger partial charge in [-0.05, 0) is 25.2 Å². The van der Waals surface area contributed by atoms with E-state index >= 15 is 0 Å². The van der Waals surface area contributed by atoms with Gasteiger partial charge in [0.15, 0.2) is 0 Å². The molecule has 1 atom stereocenters. The van der Waals surface area contributed by atoms with Gasteiger partial charge in [0, 0.05) is 0 Å². The summed E-state index contributed by atoms with van der Waals surface area (Å²) in [6, 6.07) is 0. The second kappa shape index (κ2) is 5.49. The van der Waals surface area contributed by atoms with E-state index < -0.39 is 6.09 Å². The minimum atomic E-state index is -0.633. The molecule has 1 unspecified atom stereocenters. The highest BCUT2D eigenvalue weighted by Gasteiger charge is 2.14. The Hall–Kier alpha value is -1.58. The third kappa shape index (κ3) is 3.22. The molecule has 1 aliphatic rings. The second-order valence-electron chi connectivity index (χ2n) is 3.97. The average molecular weight is 223 g/mol. The maximum Gasteiger partial charge on any atom is 0.287 e. The van der Waals surface area contributed by atoms with Crippen LogP contribution in [-0.2, 0) is 0 Å². The van der Waals surface area contributed by atoms with Crippen LogP contribution in [0.1, 0.15) is 26.2 Å². The Morgan fingerprint density at radius 2 is 2.31 bits per heavy atom. The molecular formula is C12H18FN3. The van der Waals surface area contributed by atoms with Crippen molar-refractivity contribution in [3.63, 3.8) is 0 Å². The van der Waals surface area contributed by atoms with Crippen LogP contribution in [-0.4, -0.2) is 6.09 Å². The maximum atomic E-state index is 13.0. The van der Waals surface area contributed by atoms with Gasteiger partial charge in [0.25, 0.3) is 6.09 Å². The van der Waals surface area contributed by atoms with Crippen LogP contribution in [0.25, 0.3) is 0 Å². The highest BCUT2D eigenvalue weighted by molar-refractivity contribution is 5.78. The molecule has 16 heavy (non-hydrogen) atoms. The van der Waals surface area contributed by atoms with Gasteiger partial charge >= 0.3 is 0 Å². The van der Waals surface area contributed by atoms with Crippen LogP contribution < -0.4 is 11.1 Å². The summed E-state index contributed by atoms with van der Waals surface area (Å²) in [6.45, 7) is 9.43. The molecule has 0 aromatic heterocycles. The number of halogens is 1. The first-order chi connectivity index (χ1) is 7.54. The summed E-state index contributed by atoms with van der Waals surface area (Å²) in [5.74, 6) is 0.459. The predicted molar refractivity (Wildman–Crippen MR) is 65.2 cm³/mol. The lowest BCUT2D eigenvalue weighted by Crippen LogP contribution is -2.27. The highest BCUT2D eigenvalue weighted by atomic mass is 19.1. The monoisotopic (exact) mass is 223 g/mol.